The second-order valence-electron chi connectivity index (χ2n) is 8.74. The van der Waals surface area contributed by atoms with Gasteiger partial charge in [-0.1, -0.05) is 50.6 Å². The Labute approximate surface area is 211 Å². The maximum atomic E-state index is 13.1. The zero-order valence-electron chi connectivity index (χ0n) is 21.1. The number of hydrogen-bond donors (Lipinski definition) is 7. The van der Waals surface area contributed by atoms with E-state index in [1.807, 2.05) is 19.9 Å². The summed E-state index contributed by atoms with van der Waals surface area (Å²) >= 11 is 0. The first-order valence-corrected chi connectivity index (χ1v) is 11.9. The van der Waals surface area contributed by atoms with Gasteiger partial charge in [0, 0.05) is 13.0 Å². The largest absolute Gasteiger partial charge is 0.480 e. The summed E-state index contributed by atoms with van der Waals surface area (Å²) in [6.07, 6.45) is 1.23. The van der Waals surface area contributed by atoms with Crippen LogP contribution in [0, 0.1) is 5.92 Å². The van der Waals surface area contributed by atoms with E-state index in [2.05, 4.69) is 20.9 Å². The molecule has 5 unspecified atom stereocenters. The van der Waals surface area contributed by atoms with E-state index >= 15 is 0 Å². The lowest BCUT2D eigenvalue weighted by molar-refractivity contribution is -0.142. The van der Waals surface area contributed by atoms with Crippen molar-refractivity contribution >= 4 is 29.7 Å². The number of carboxylic acids is 1. The number of rotatable bonds is 15. The van der Waals surface area contributed by atoms with Crippen LogP contribution in [0.3, 0.4) is 0 Å². The number of carbonyl (C=O) groups is 4. The van der Waals surface area contributed by atoms with Crippen LogP contribution in [-0.4, -0.2) is 65.5 Å². The molecule has 0 saturated carbocycles. The molecule has 1 rings (SSSR count). The molecule has 10 N–H and O–H groups in total. The van der Waals surface area contributed by atoms with Gasteiger partial charge in [-0.15, -0.1) is 0 Å². The van der Waals surface area contributed by atoms with Gasteiger partial charge in [0.2, 0.25) is 17.7 Å². The summed E-state index contributed by atoms with van der Waals surface area (Å²) in [7, 11) is 0. The van der Waals surface area contributed by atoms with Crippen LogP contribution in [0.2, 0.25) is 0 Å². The molecule has 1 aromatic carbocycles. The minimum atomic E-state index is -1.22. The Bertz CT molecular complexity index is 905. The lowest BCUT2D eigenvalue weighted by Gasteiger charge is -2.24. The molecule has 12 heteroatoms. The first-order valence-electron chi connectivity index (χ1n) is 11.9. The van der Waals surface area contributed by atoms with Crippen molar-refractivity contribution in [3.05, 3.63) is 35.9 Å². The predicted octanol–water partition coefficient (Wildman–Crippen LogP) is -0.785. The fourth-order valence-electron chi connectivity index (χ4n) is 3.28. The molecular weight excluding hydrogens is 466 g/mol. The van der Waals surface area contributed by atoms with Crippen molar-refractivity contribution in [1.29, 1.82) is 0 Å². The number of amides is 3. The molecule has 0 aromatic heterocycles. The summed E-state index contributed by atoms with van der Waals surface area (Å²) < 4.78 is 0. The maximum Gasteiger partial charge on any atom is 0.326 e. The van der Waals surface area contributed by atoms with Crippen LogP contribution in [-0.2, 0) is 25.6 Å². The highest BCUT2D eigenvalue weighted by molar-refractivity contribution is 5.94. The van der Waals surface area contributed by atoms with Crippen LogP contribution < -0.4 is 33.2 Å². The normalized spacial score (nSPS) is 14.9. The minimum Gasteiger partial charge on any atom is -0.480 e. The third-order valence-electron chi connectivity index (χ3n) is 5.79. The quantitative estimate of drug-likeness (QED) is 0.0908. The van der Waals surface area contributed by atoms with Gasteiger partial charge in [-0.3, -0.25) is 19.4 Å². The van der Waals surface area contributed by atoms with Crippen LogP contribution in [0.5, 0.6) is 0 Å². The summed E-state index contributed by atoms with van der Waals surface area (Å²) in [5, 5.41) is 17.2. The number of guanidine groups is 1. The number of benzene rings is 1. The van der Waals surface area contributed by atoms with Gasteiger partial charge in [0.1, 0.15) is 18.1 Å². The summed E-state index contributed by atoms with van der Waals surface area (Å²) in [5.41, 5.74) is 17.2. The topological polar surface area (TPSA) is 215 Å². The van der Waals surface area contributed by atoms with Crippen molar-refractivity contribution < 1.29 is 24.3 Å². The summed E-state index contributed by atoms with van der Waals surface area (Å²) in [6, 6.07) is 4.93. The number of nitrogens with two attached hydrogens (primary N) is 3. The smallest absolute Gasteiger partial charge is 0.326 e. The highest BCUT2D eigenvalue weighted by atomic mass is 16.4. The Balaban J connectivity index is 2.93. The Kier molecular flexibility index (Phi) is 12.9. The van der Waals surface area contributed by atoms with E-state index in [0.717, 1.165) is 5.56 Å². The number of nitrogens with one attached hydrogen (secondary N) is 3. The molecule has 0 aliphatic carbocycles. The van der Waals surface area contributed by atoms with Gasteiger partial charge in [0.05, 0.1) is 6.04 Å². The molecule has 0 spiro atoms. The standard InChI is InChI=1S/C24H39N7O5/c1-4-14(2)19(25)22(34)29-15(3)20(32)31-18(13-16-9-6-5-7-10-16)21(33)30-17(23(35)36)11-8-12-28-24(26)27/h5-7,9-10,14-15,17-19H,4,8,11-13,25H2,1-3H3,(H,29,34)(H,30,33)(H,31,32)(H,35,36)(H4,26,27,28). The lowest BCUT2D eigenvalue weighted by Crippen LogP contribution is -2.57. The predicted molar refractivity (Wildman–Crippen MR) is 137 cm³/mol. The third-order valence-corrected chi connectivity index (χ3v) is 5.79. The molecule has 0 heterocycles. The molecule has 0 saturated heterocycles. The molecule has 200 valence electrons. The van der Waals surface area contributed by atoms with Crippen molar-refractivity contribution in [2.24, 2.45) is 28.1 Å². The van der Waals surface area contributed by atoms with Crippen molar-refractivity contribution in [3.63, 3.8) is 0 Å². The van der Waals surface area contributed by atoms with Crippen LogP contribution in [0.1, 0.15) is 45.6 Å². The van der Waals surface area contributed by atoms with Gasteiger partial charge in [-0.25, -0.2) is 4.79 Å². The second kappa shape index (κ2) is 15.4. The highest BCUT2D eigenvalue weighted by Crippen LogP contribution is 2.07. The first-order chi connectivity index (χ1) is 17.0. The average molecular weight is 506 g/mol. The Morgan fingerprint density at radius 2 is 1.56 bits per heavy atom. The van der Waals surface area contributed by atoms with Gasteiger partial charge in [-0.05, 0) is 31.2 Å². The number of carboxylic acid groups (broad SMARTS) is 1. The van der Waals surface area contributed by atoms with Crippen LogP contribution in [0.25, 0.3) is 0 Å². The lowest BCUT2D eigenvalue weighted by atomic mass is 9.99. The summed E-state index contributed by atoms with van der Waals surface area (Å²) in [5.74, 6) is -3.15. The molecule has 12 nitrogen and oxygen atoms in total. The highest BCUT2D eigenvalue weighted by Gasteiger charge is 2.29. The third kappa shape index (κ3) is 10.7. The maximum absolute atomic E-state index is 13.1. The fraction of sp³-hybridized carbons (Fsp3) is 0.542. The number of aliphatic carboxylic acids is 1. The molecule has 0 fully saturated rings. The molecule has 3 amide bonds. The van der Waals surface area contributed by atoms with E-state index in [4.69, 9.17) is 17.2 Å². The molecule has 0 aliphatic heterocycles. The van der Waals surface area contributed by atoms with E-state index in [9.17, 15) is 24.3 Å². The summed E-state index contributed by atoms with van der Waals surface area (Å²) in [6.45, 7) is 5.44. The molecule has 5 atom stereocenters. The van der Waals surface area contributed by atoms with Crippen LogP contribution in [0.4, 0.5) is 0 Å². The number of aliphatic imine (C=N–C) groups is 1. The van der Waals surface area contributed by atoms with Crippen LogP contribution >= 0.6 is 0 Å². The van der Waals surface area contributed by atoms with Gasteiger partial charge in [0.15, 0.2) is 5.96 Å². The van der Waals surface area contributed by atoms with E-state index < -0.39 is 47.9 Å². The average Bonchev–Trinajstić information content (AvgIpc) is 2.84. The van der Waals surface area contributed by atoms with Gasteiger partial charge >= 0.3 is 5.97 Å². The summed E-state index contributed by atoms with van der Waals surface area (Å²) in [4.78, 5) is 53.8. The van der Waals surface area contributed by atoms with Gasteiger partial charge < -0.3 is 38.3 Å². The second-order valence-corrected chi connectivity index (χ2v) is 8.74. The van der Waals surface area contributed by atoms with Crippen molar-refractivity contribution in [2.75, 3.05) is 6.54 Å². The first kappa shape index (κ1) is 30.4. The number of carbonyl (C=O) groups excluding carboxylic acids is 3. The zero-order chi connectivity index (χ0) is 27.3. The van der Waals surface area contributed by atoms with Crippen LogP contribution in [0.15, 0.2) is 35.3 Å². The molecule has 0 aliphatic rings. The van der Waals surface area contributed by atoms with Gasteiger partial charge in [-0.2, -0.15) is 0 Å². The van der Waals surface area contributed by atoms with E-state index in [0.29, 0.717) is 12.8 Å². The van der Waals surface area contributed by atoms with E-state index in [1.54, 1.807) is 24.3 Å². The Morgan fingerprint density at radius 3 is 2.11 bits per heavy atom. The number of hydrogen-bond acceptors (Lipinski definition) is 6. The SMILES string of the molecule is CCC(C)C(N)C(=O)NC(C)C(=O)NC(Cc1ccccc1)C(=O)NC(CCCN=C(N)N)C(=O)O. The molecule has 1 aromatic rings. The van der Waals surface area contributed by atoms with Crippen molar-refractivity contribution in [3.8, 4) is 0 Å². The minimum absolute atomic E-state index is 0.0724. The van der Waals surface area contributed by atoms with Crippen molar-refractivity contribution in [2.45, 2.75) is 70.6 Å². The van der Waals surface area contributed by atoms with E-state index in [-0.39, 0.29) is 31.3 Å². The van der Waals surface area contributed by atoms with E-state index in [1.165, 1.54) is 6.92 Å². The van der Waals surface area contributed by atoms with Gasteiger partial charge in [0.25, 0.3) is 0 Å². The number of nitrogens with zero attached hydrogens (tertiary/aromatic N) is 1. The monoisotopic (exact) mass is 505 g/mol. The molecular formula is C24H39N7O5. The molecule has 0 bridgehead atoms. The Hall–Kier alpha value is -3.67. The fourth-order valence-corrected chi connectivity index (χ4v) is 3.28. The molecule has 36 heavy (non-hydrogen) atoms. The zero-order valence-corrected chi connectivity index (χ0v) is 21.1. The van der Waals surface area contributed by atoms with Crippen molar-refractivity contribution in [1.82, 2.24) is 16.0 Å². The Morgan fingerprint density at radius 1 is 0.944 bits per heavy atom. The molecule has 0 radical (unpaired) electrons.